The molecule has 82 valence electrons. The summed E-state index contributed by atoms with van der Waals surface area (Å²) >= 11 is 0. The molecule has 0 aromatic heterocycles. The van der Waals surface area contributed by atoms with Crippen molar-refractivity contribution in [2.24, 2.45) is 5.92 Å². The SMILES string of the molecule is CCCN(CC1CC1)[C@@H]1CCC[C@H]1O. The lowest BCUT2D eigenvalue weighted by Crippen LogP contribution is -2.42. The molecule has 0 aromatic carbocycles. The predicted molar refractivity (Wildman–Crippen MR) is 58.2 cm³/mol. The lowest BCUT2D eigenvalue weighted by molar-refractivity contribution is 0.0676. The van der Waals surface area contributed by atoms with Gasteiger partial charge in [-0.2, -0.15) is 0 Å². The van der Waals surface area contributed by atoms with Gasteiger partial charge in [0.15, 0.2) is 0 Å². The van der Waals surface area contributed by atoms with Gasteiger partial charge in [0, 0.05) is 12.6 Å². The highest BCUT2D eigenvalue weighted by atomic mass is 16.3. The first kappa shape index (κ1) is 10.4. The first-order valence-electron chi connectivity index (χ1n) is 6.23. The lowest BCUT2D eigenvalue weighted by atomic mass is 10.1. The first-order chi connectivity index (χ1) is 6.81. The summed E-state index contributed by atoms with van der Waals surface area (Å²) in [5.41, 5.74) is 0. The van der Waals surface area contributed by atoms with Crippen molar-refractivity contribution < 1.29 is 5.11 Å². The molecule has 14 heavy (non-hydrogen) atoms. The quantitative estimate of drug-likeness (QED) is 0.729. The van der Waals surface area contributed by atoms with Crippen LogP contribution >= 0.6 is 0 Å². The van der Waals surface area contributed by atoms with Gasteiger partial charge in [0.25, 0.3) is 0 Å². The van der Waals surface area contributed by atoms with Gasteiger partial charge in [-0.05, 0) is 51.0 Å². The van der Waals surface area contributed by atoms with E-state index < -0.39 is 0 Å². The van der Waals surface area contributed by atoms with Gasteiger partial charge < -0.3 is 5.11 Å². The first-order valence-corrected chi connectivity index (χ1v) is 6.23. The van der Waals surface area contributed by atoms with Crippen molar-refractivity contribution >= 4 is 0 Å². The zero-order valence-corrected chi connectivity index (χ0v) is 9.28. The minimum Gasteiger partial charge on any atom is -0.391 e. The summed E-state index contributed by atoms with van der Waals surface area (Å²) in [4.78, 5) is 2.55. The molecule has 0 bridgehead atoms. The fraction of sp³-hybridized carbons (Fsp3) is 1.00. The molecule has 2 rings (SSSR count). The summed E-state index contributed by atoms with van der Waals surface area (Å²) < 4.78 is 0. The highest BCUT2D eigenvalue weighted by molar-refractivity contribution is 4.88. The largest absolute Gasteiger partial charge is 0.391 e. The van der Waals surface area contributed by atoms with Gasteiger partial charge in [-0.3, -0.25) is 4.90 Å². The van der Waals surface area contributed by atoms with Crippen molar-refractivity contribution in [3.63, 3.8) is 0 Å². The van der Waals surface area contributed by atoms with Crippen LogP contribution in [0.1, 0.15) is 45.4 Å². The number of aliphatic hydroxyl groups excluding tert-OH is 1. The van der Waals surface area contributed by atoms with Crippen molar-refractivity contribution in [3.05, 3.63) is 0 Å². The van der Waals surface area contributed by atoms with Crippen LogP contribution in [0.25, 0.3) is 0 Å². The molecule has 0 saturated heterocycles. The summed E-state index contributed by atoms with van der Waals surface area (Å²) in [6, 6.07) is 0.482. The highest BCUT2D eigenvalue weighted by Gasteiger charge is 2.33. The van der Waals surface area contributed by atoms with Crippen molar-refractivity contribution in [2.45, 2.75) is 57.6 Å². The Labute approximate surface area is 87.3 Å². The maximum atomic E-state index is 9.88. The van der Waals surface area contributed by atoms with Crippen molar-refractivity contribution in [2.75, 3.05) is 13.1 Å². The number of hydrogen-bond acceptors (Lipinski definition) is 2. The van der Waals surface area contributed by atoms with Gasteiger partial charge in [0.1, 0.15) is 0 Å². The summed E-state index contributed by atoms with van der Waals surface area (Å²) in [6.07, 6.45) is 7.47. The van der Waals surface area contributed by atoms with E-state index in [0.29, 0.717) is 6.04 Å². The molecule has 1 N–H and O–H groups in total. The van der Waals surface area contributed by atoms with E-state index in [-0.39, 0.29) is 6.10 Å². The molecule has 0 aromatic rings. The number of nitrogens with zero attached hydrogens (tertiary/aromatic N) is 1. The van der Waals surface area contributed by atoms with Crippen molar-refractivity contribution in [3.8, 4) is 0 Å². The van der Waals surface area contributed by atoms with Crippen LogP contribution in [0.4, 0.5) is 0 Å². The highest BCUT2D eigenvalue weighted by Crippen LogP contribution is 2.33. The monoisotopic (exact) mass is 197 g/mol. The number of hydrogen-bond donors (Lipinski definition) is 1. The summed E-state index contributed by atoms with van der Waals surface area (Å²) in [5.74, 6) is 0.953. The van der Waals surface area contributed by atoms with E-state index in [2.05, 4.69) is 11.8 Å². The fourth-order valence-corrected chi connectivity index (χ4v) is 2.66. The fourth-order valence-electron chi connectivity index (χ4n) is 2.66. The van der Waals surface area contributed by atoms with Crippen molar-refractivity contribution in [1.82, 2.24) is 4.90 Å². The Morgan fingerprint density at radius 1 is 1.21 bits per heavy atom. The van der Waals surface area contributed by atoms with E-state index in [0.717, 1.165) is 12.3 Å². The van der Waals surface area contributed by atoms with Crippen LogP contribution < -0.4 is 0 Å². The Morgan fingerprint density at radius 3 is 2.50 bits per heavy atom. The molecule has 0 spiro atoms. The summed E-state index contributed by atoms with van der Waals surface area (Å²) in [5, 5.41) is 9.88. The lowest BCUT2D eigenvalue weighted by Gasteiger charge is -2.30. The van der Waals surface area contributed by atoms with Gasteiger partial charge in [-0.25, -0.2) is 0 Å². The van der Waals surface area contributed by atoms with Crippen LogP contribution in [0.3, 0.4) is 0 Å². The number of rotatable bonds is 5. The molecule has 2 heteroatoms. The van der Waals surface area contributed by atoms with E-state index in [4.69, 9.17) is 0 Å². The van der Waals surface area contributed by atoms with Gasteiger partial charge >= 0.3 is 0 Å². The van der Waals surface area contributed by atoms with Gasteiger partial charge in [-0.1, -0.05) is 6.92 Å². The maximum absolute atomic E-state index is 9.88. The van der Waals surface area contributed by atoms with Crippen molar-refractivity contribution in [1.29, 1.82) is 0 Å². The van der Waals surface area contributed by atoms with Gasteiger partial charge in [0.05, 0.1) is 6.10 Å². The molecule has 2 atom stereocenters. The molecule has 2 nitrogen and oxygen atoms in total. The van der Waals surface area contributed by atoms with Gasteiger partial charge in [0.2, 0.25) is 0 Å². The third-order valence-corrected chi connectivity index (χ3v) is 3.61. The Hall–Kier alpha value is -0.0800. The average Bonchev–Trinajstić information content (AvgIpc) is 2.87. The normalized spacial score (nSPS) is 32.8. The summed E-state index contributed by atoms with van der Waals surface area (Å²) in [6.45, 7) is 4.66. The molecule has 0 unspecified atom stereocenters. The second-order valence-electron chi connectivity index (χ2n) is 5.00. The Balaban J connectivity index is 1.86. The Morgan fingerprint density at radius 2 is 2.00 bits per heavy atom. The zero-order valence-electron chi connectivity index (χ0n) is 9.28. The topological polar surface area (TPSA) is 23.5 Å². The molecule has 2 aliphatic carbocycles. The van der Waals surface area contributed by atoms with Crippen LogP contribution in [0.15, 0.2) is 0 Å². The molecule has 0 amide bonds. The van der Waals surface area contributed by atoms with Crippen LogP contribution in [-0.2, 0) is 0 Å². The molecule has 2 aliphatic rings. The smallest absolute Gasteiger partial charge is 0.0695 e. The minimum atomic E-state index is -0.0414. The molecule has 2 fully saturated rings. The maximum Gasteiger partial charge on any atom is 0.0695 e. The second-order valence-corrected chi connectivity index (χ2v) is 5.00. The van der Waals surface area contributed by atoms with Crippen LogP contribution in [0, 0.1) is 5.92 Å². The minimum absolute atomic E-state index is 0.0414. The molecular formula is C12H23NO. The standard InChI is InChI=1S/C12H23NO/c1-2-8-13(9-10-6-7-10)11-4-3-5-12(11)14/h10-12,14H,2-9H2,1H3/t11-,12-/m1/s1. The molecule has 2 saturated carbocycles. The third kappa shape index (κ3) is 2.48. The predicted octanol–water partition coefficient (Wildman–Crippen LogP) is 2.02. The molecule has 0 radical (unpaired) electrons. The van der Waals surface area contributed by atoms with Crippen LogP contribution in [-0.4, -0.2) is 35.2 Å². The van der Waals surface area contributed by atoms with E-state index in [1.54, 1.807) is 0 Å². The number of aliphatic hydroxyl groups is 1. The van der Waals surface area contributed by atoms with Crippen LogP contribution in [0.2, 0.25) is 0 Å². The molecular weight excluding hydrogens is 174 g/mol. The zero-order chi connectivity index (χ0) is 9.97. The second kappa shape index (κ2) is 4.63. The van der Waals surface area contributed by atoms with E-state index in [9.17, 15) is 5.11 Å². The van der Waals surface area contributed by atoms with E-state index in [1.807, 2.05) is 0 Å². The Kier molecular flexibility index (Phi) is 3.45. The Bertz CT molecular complexity index is 179. The van der Waals surface area contributed by atoms with Crippen LogP contribution in [0.5, 0.6) is 0 Å². The molecule has 0 aliphatic heterocycles. The third-order valence-electron chi connectivity index (χ3n) is 3.61. The van der Waals surface area contributed by atoms with E-state index in [1.165, 1.54) is 45.2 Å². The van der Waals surface area contributed by atoms with E-state index >= 15 is 0 Å². The molecule has 0 heterocycles. The average molecular weight is 197 g/mol. The summed E-state index contributed by atoms with van der Waals surface area (Å²) in [7, 11) is 0. The van der Waals surface area contributed by atoms with Gasteiger partial charge in [-0.15, -0.1) is 0 Å².